The summed E-state index contributed by atoms with van der Waals surface area (Å²) in [6.45, 7) is 10.9. The van der Waals surface area contributed by atoms with E-state index in [0.717, 1.165) is 0 Å². The molecule has 1 aliphatic rings. The highest BCUT2D eigenvalue weighted by molar-refractivity contribution is 6.22. The van der Waals surface area contributed by atoms with E-state index in [9.17, 15) is 9.59 Å². The van der Waals surface area contributed by atoms with Gasteiger partial charge in [0.15, 0.2) is 0 Å². The first kappa shape index (κ1) is 12.4. The highest BCUT2D eigenvalue weighted by atomic mass is 16.2. The van der Waals surface area contributed by atoms with E-state index in [1.807, 2.05) is 27.7 Å². The SMILES string of the molecule is C=CC1=C(/C=C\C)C(=O)N(C(C)(C)C)C1=O. The zero-order chi connectivity index (χ0) is 12.5. The highest BCUT2D eigenvalue weighted by Crippen LogP contribution is 2.28. The maximum absolute atomic E-state index is 12.1. The van der Waals surface area contributed by atoms with Crippen molar-refractivity contribution in [1.82, 2.24) is 4.90 Å². The molecule has 0 aromatic rings. The lowest BCUT2D eigenvalue weighted by Gasteiger charge is -2.30. The van der Waals surface area contributed by atoms with Crippen molar-refractivity contribution in [2.45, 2.75) is 33.2 Å². The topological polar surface area (TPSA) is 37.4 Å². The van der Waals surface area contributed by atoms with Crippen LogP contribution in [0, 0.1) is 0 Å². The smallest absolute Gasteiger partial charge is 0.262 e. The van der Waals surface area contributed by atoms with Gasteiger partial charge in [-0.25, -0.2) is 0 Å². The summed E-state index contributed by atoms with van der Waals surface area (Å²) in [5.74, 6) is -0.508. The molecule has 0 aromatic heterocycles. The molecule has 86 valence electrons. The predicted octanol–water partition coefficient (Wildman–Crippen LogP) is 2.21. The zero-order valence-corrected chi connectivity index (χ0v) is 10.2. The van der Waals surface area contributed by atoms with Crippen LogP contribution in [0.2, 0.25) is 0 Å². The molecule has 0 bridgehead atoms. The van der Waals surface area contributed by atoms with Crippen LogP contribution in [0.4, 0.5) is 0 Å². The Morgan fingerprint density at radius 3 is 2.00 bits per heavy atom. The largest absolute Gasteiger partial charge is 0.269 e. The van der Waals surface area contributed by atoms with Crippen LogP contribution in [0.1, 0.15) is 27.7 Å². The van der Waals surface area contributed by atoms with Gasteiger partial charge in [-0.1, -0.05) is 24.8 Å². The molecule has 0 atom stereocenters. The Morgan fingerprint density at radius 1 is 1.12 bits per heavy atom. The van der Waals surface area contributed by atoms with E-state index in [1.165, 1.54) is 11.0 Å². The minimum Gasteiger partial charge on any atom is -0.269 e. The standard InChI is InChI=1S/C13H17NO2/c1-6-8-10-9(7-2)11(15)14(12(10)16)13(3,4)5/h6-8H,2H2,1,3-5H3/b8-6-. The number of hydrogen-bond donors (Lipinski definition) is 0. The molecule has 0 saturated carbocycles. The number of nitrogens with zero attached hydrogens (tertiary/aromatic N) is 1. The van der Waals surface area contributed by atoms with Crippen LogP contribution in [0.5, 0.6) is 0 Å². The van der Waals surface area contributed by atoms with E-state index in [2.05, 4.69) is 6.58 Å². The number of hydrogen-bond acceptors (Lipinski definition) is 2. The second kappa shape index (κ2) is 4.08. The van der Waals surface area contributed by atoms with E-state index in [-0.39, 0.29) is 11.8 Å². The molecular formula is C13H17NO2. The van der Waals surface area contributed by atoms with Gasteiger partial charge in [-0.3, -0.25) is 14.5 Å². The fourth-order valence-corrected chi connectivity index (χ4v) is 1.70. The normalized spacial score (nSPS) is 17.9. The van der Waals surface area contributed by atoms with Crippen LogP contribution in [0.25, 0.3) is 0 Å². The molecule has 2 amide bonds. The van der Waals surface area contributed by atoms with E-state index in [1.54, 1.807) is 12.2 Å². The minimum atomic E-state index is -0.508. The molecule has 0 spiro atoms. The first-order chi connectivity index (χ1) is 7.34. The number of amides is 2. The maximum atomic E-state index is 12.1. The number of carbonyl (C=O) groups excluding carboxylic acids is 2. The molecule has 0 saturated heterocycles. The van der Waals surface area contributed by atoms with Gasteiger partial charge >= 0.3 is 0 Å². The Bertz CT molecular complexity index is 408. The molecule has 1 heterocycles. The van der Waals surface area contributed by atoms with Gasteiger partial charge in [0.05, 0.1) is 11.1 Å². The summed E-state index contributed by atoms with van der Waals surface area (Å²) in [5.41, 5.74) is 0.307. The molecule has 16 heavy (non-hydrogen) atoms. The van der Waals surface area contributed by atoms with Gasteiger partial charge < -0.3 is 0 Å². The van der Waals surface area contributed by atoms with Gasteiger partial charge in [0, 0.05) is 5.54 Å². The molecule has 1 rings (SSSR count). The van der Waals surface area contributed by atoms with Crippen molar-refractivity contribution in [2.75, 3.05) is 0 Å². The molecule has 0 N–H and O–H groups in total. The van der Waals surface area contributed by atoms with E-state index < -0.39 is 5.54 Å². The Labute approximate surface area is 96.1 Å². The number of imide groups is 1. The summed E-state index contributed by atoms with van der Waals surface area (Å²) in [4.78, 5) is 25.4. The van der Waals surface area contributed by atoms with Crippen LogP contribution < -0.4 is 0 Å². The van der Waals surface area contributed by atoms with Gasteiger partial charge in [-0.2, -0.15) is 0 Å². The Hall–Kier alpha value is -1.64. The first-order valence-electron chi connectivity index (χ1n) is 5.23. The summed E-state index contributed by atoms with van der Waals surface area (Å²) in [7, 11) is 0. The van der Waals surface area contributed by atoms with Gasteiger partial charge in [0.1, 0.15) is 0 Å². The van der Waals surface area contributed by atoms with Crippen molar-refractivity contribution in [3.8, 4) is 0 Å². The minimum absolute atomic E-state index is 0.245. The van der Waals surface area contributed by atoms with E-state index in [4.69, 9.17) is 0 Å². The molecule has 0 unspecified atom stereocenters. The molecule has 0 aromatic carbocycles. The van der Waals surface area contributed by atoms with Crippen molar-refractivity contribution in [3.05, 3.63) is 36.0 Å². The highest BCUT2D eigenvalue weighted by Gasteiger charge is 2.41. The summed E-state index contributed by atoms with van der Waals surface area (Å²) in [6.07, 6.45) is 4.85. The van der Waals surface area contributed by atoms with Crippen LogP contribution in [0.15, 0.2) is 36.0 Å². The Balaban J connectivity index is 3.29. The number of rotatable bonds is 2. The monoisotopic (exact) mass is 219 g/mol. The molecule has 0 radical (unpaired) electrons. The van der Waals surface area contributed by atoms with Gasteiger partial charge in [0.2, 0.25) is 0 Å². The maximum Gasteiger partial charge on any atom is 0.262 e. The average molecular weight is 219 g/mol. The second-order valence-electron chi connectivity index (χ2n) is 4.65. The van der Waals surface area contributed by atoms with E-state index in [0.29, 0.717) is 11.1 Å². The Kier molecular flexibility index (Phi) is 3.17. The van der Waals surface area contributed by atoms with Crippen molar-refractivity contribution >= 4 is 11.8 Å². The predicted molar refractivity (Wildman–Crippen MR) is 63.6 cm³/mol. The van der Waals surface area contributed by atoms with Gasteiger partial charge in [-0.05, 0) is 27.7 Å². The fraction of sp³-hybridized carbons (Fsp3) is 0.385. The lowest BCUT2D eigenvalue weighted by atomic mass is 10.1. The third kappa shape index (κ3) is 1.85. The molecule has 1 aliphatic heterocycles. The van der Waals surface area contributed by atoms with Crippen molar-refractivity contribution in [1.29, 1.82) is 0 Å². The molecular weight excluding hydrogens is 202 g/mol. The molecule has 3 heteroatoms. The first-order valence-corrected chi connectivity index (χ1v) is 5.23. The van der Waals surface area contributed by atoms with Crippen molar-refractivity contribution in [3.63, 3.8) is 0 Å². The van der Waals surface area contributed by atoms with E-state index >= 15 is 0 Å². The molecule has 0 fully saturated rings. The third-order valence-electron chi connectivity index (χ3n) is 2.37. The van der Waals surface area contributed by atoms with Gasteiger partial charge in [-0.15, -0.1) is 0 Å². The van der Waals surface area contributed by atoms with Crippen LogP contribution in [-0.4, -0.2) is 22.3 Å². The lowest BCUT2D eigenvalue weighted by Crippen LogP contribution is -2.46. The third-order valence-corrected chi connectivity index (χ3v) is 2.37. The number of carbonyl (C=O) groups is 2. The lowest BCUT2D eigenvalue weighted by molar-refractivity contribution is -0.142. The number of allylic oxidation sites excluding steroid dienone is 1. The second-order valence-corrected chi connectivity index (χ2v) is 4.65. The quantitative estimate of drug-likeness (QED) is 0.668. The van der Waals surface area contributed by atoms with Crippen molar-refractivity contribution in [2.24, 2.45) is 0 Å². The van der Waals surface area contributed by atoms with Gasteiger partial charge in [0.25, 0.3) is 11.8 Å². The van der Waals surface area contributed by atoms with Crippen LogP contribution in [0.3, 0.4) is 0 Å². The summed E-state index contributed by atoms with van der Waals surface area (Å²) in [5, 5.41) is 0. The Morgan fingerprint density at radius 2 is 1.62 bits per heavy atom. The summed E-state index contributed by atoms with van der Waals surface area (Å²) >= 11 is 0. The summed E-state index contributed by atoms with van der Waals surface area (Å²) < 4.78 is 0. The molecule has 0 aliphatic carbocycles. The van der Waals surface area contributed by atoms with Crippen LogP contribution in [-0.2, 0) is 9.59 Å². The fourth-order valence-electron chi connectivity index (χ4n) is 1.70. The molecule has 3 nitrogen and oxygen atoms in total. The summed E-state index contributed by atoms with van der Waals surface area (Å²) in [6, 6.07) is 0. The zero-order valence-electron chi connectivity index (χ0n) is 10.2. The van der Waals surface area contributed by atoms with Crippen molar-refractivity contribution < 1.29 is 9.59 Å². The average Bonchev–Trinajstić information content (AvgIpc) is 2.38. The van der Waals surface area contributed by atoms with Crippen LogP contribution >= 0.6 is 0 Å².